The highest BCUT2D eigenvalue weighted by Crippen LogP contribution is 2.30. The van der Waals surface area contributed by atoms with Crippen LogP contribution in [0.25, 0.3) is 0 Å². The molecule has 27 heavy (non-hydrogen) atoms. The van der Waals surface area contributed by atoms with Crippen LogP contribution in [-0.4, -0.2) is 36.5 Å². The van der Waals surface area contributed by atoms with Gasteiger partial charge in [-0.1, -0.05) is 0 Å². The van der Waals surface area contributed by atoms with Gasteiger partial charge in [0.2, 0.25) is 0 Å². The van der Waals surface area contributed by atoms with Crippen molar-refractivity contribution in [3.05, 3.63) is 53.7 Å². The lowest BCUT2D eigenvalue weighted by atomic mass is 10.3. The van der Waals surface area contributed by atoms with E-state index in [1.165, 1.54) is 29.2 Å². The van der Waals surface area contributed by atoms with Crippen LogP contribution in [0.1, 0.15) is 36.1 Å². The molecule has 1 saturated carbocycles. The van der Waals surface area contributed by atoms with Crippen LogP contribution in [0, 0.1) is 11.7 Å². The molecule has 1 fully saturated rings. The Bertz CT molecular complexity index is 782. The summed E-state index contributed by atoms with van der Waals surface area (Å²) in [7, 11) is 0. The highest BCUT2D eigenvalue weighted by atomic mass is 19.1. The van der Waals surface area contributed by atoms with Crippen molar-refractivity contribution >= 4 is 11.9 Å². The van der Waals surface area contributed by atoms with E-state index in [9.17, 15) is 14.0 Å². The molecule has 0 saturated heterocycles. The van der Waals surface area contributed by atoms with Gasteiger partial charge in [-0.15, -0.1) is 0 Å². The van der Waals surface area contributed by atoms with Crippen molar-refractivity contribution in [2.24, 2.45) is 5.92 Å². The second-order valence-corrected chi connectivity index (χ2v) is 6.44. The molecule has 0 aliphatic heterocycles. The van der Waals surface area contributed by atoms with Crippen molar-refractivity contribution in [3.63, 3.8) is 0 Å². The number of carbonyl (C=O) groups excluding carboxylic acids is 2. The van der Waals surface area contributed by atoms with Crippen molar-refractivity contribution < 1.29 is 27.9 Å². The number of amides is 1. The summed E-state index contributed by atoms with van der Waals surface area (Å²) in [6.45, 7) is 2.53. The number of furan rings is 1. The van der Waals surface area contributed by atoms with Gasteiger partial charge in [0, 0.05) is 6.54 Å². The van der Waals surface area contributed by atoms with Crippen LogP contribution in [0.4, 0.5) is 4.39 Å². The molecule has 1 aliphatic rings. The fourth-order valence-electron chi connectivity index (χ4n) is 2.61. The molecule has 7 heteroatoms. The van der Waals surface area contributed by atoms with Gasteiger partial charge in [-0.3, -0.25) is 9.59 Å². The van der Waals surface area contributed by atoms with E-state index in [1.807, 2.05) is 0 Å². The molecular formula is C20H22FNO5. The molecule has 6 nitrogen and oxygen atoms in total. The quantitative estimate of drug-likeness (QED) is 0.628. The maximum absolute atomic E-state index is 12.9. The lowest BCUT2D eigenvalue weighted by Gasteiger charge is -2.20. The Hall–Kier alpha value is -2.83. The molecule has 0 bridgehead atoms. The van der Waals surface area contributed by atoms with E-state index in [0.29, 0.717) is 24.0 Å². The third kappa shape index (κ3) is 5.57. The van der Waals surface area contributed by atoms with E-state index in [0.717, 1.165) is 12.8 Å². The Morgan fingerprint density at radius 2 is 1.93 bits per heavy atom. The Morgan fingerprint density at radius 3 is 2.59 bits per heavy atom. The molecule has 1 heterocycles. The van der Waals surface area contributed by atoms with Crippen molar-refractivity contribution in [2.45, 2.75) is 26.4 Å². The molecule has 1 aromatic carbocycles. The van der Waals surface area contributed by atoms with Crippen molar-refractivity contribution in [2.75, 3.05) is 19.7 Å². The van der Waals surface area contributed by atoms with Gasteiger partial charge in [0.15, 0.2) is 5.76 Å². The summed E-state index contributed by atoms with van der Waals surface area (Å²) in [5.41, 5.74) is 0. The van der Waals surface area contributed by atoms with Crippen molar-refractivity contribution in [1.29, 1.82) is 0 Å². The molecular weight excluding hydrogens is 353 g/mol. The fourth-order valence-corrected chi connectivity index (χ4v) is 2.61. The molecule has 0 spiro atoms. The zero-order valence-corrected chi connectivity index (χ0v) is 15.2. The summed E-state index contributed by atoms with van der Waals surface area (Å²) in [6.07, 6.45) is 2.11. The second kappa shape index (κ2) is 8.70. The number of esters is 1. The molecule has 1 aliphatic carbocycles. The molecule has 2 aromatic rings. The van der Waals surface area contributed by atoms with E-state index in [-0.39, 0.29) is 37.2 Å². The maximum atomic E-state index is 12.9. The van der Waals surface area contributed by atoms with Crippen LogP contribution >= 0.6 is 0 Å². The first-order valence-corrected chi connectivity index (χ1v) is 8.97. The topological polar surface area (TPSA) is 69.0 Å². The third-order valence-corrected chi connectivity index (χ3v) is 4.16. The summed E-state index contributed by atoms with van der Waals surface area (Å²) in [6, 6.07) is 8.85. The zero-order chi connectivity index (χ0) is 19.2. The minimum Gasteiger partial charge on any atom is -0.486 e. The fraction of sp³-hybridized carbons (Fsp3) is 0.400. The monoisotopic (exact) mass is 375 g/mol. The SMILES string of the molecule is CCOC(=O)CN(CC1CC1)C(=O)c1ccc(COc2ccc(F)cc2)o1. The van der Waals surface area contributed by atoms with E-state index in [2.05, 4.69) is 0 Å². The number of hydrogen-bond acceptors (Lipinski definition) is 5. The Kier molecular flexibility index (Phi) is 6.11. The minimum atomic E-state index is -0.432. The Morgan fingerprint density at radius 1 is 1.19 bits per heavy atom. The molecule has 1 amide bonds. The number of halogens is 1. The van der Waals surface area contributed by atoms with Crippen LogP contribution in [0.5, 0.6) is 5.75 Å². The van der Waals surface area contributed by atoms with E-state index >= 15 is 0 Å². The van der Waals surface area contributed by atoms with Gasteiger partial charge in [-0.05, 0) is 62.1 Å². The van der Waals surface area contributed by atoms with Crippen molar-refractivity contribution in [1.82, 2.24) is 4.90 Å². The highest BCUT2D eigenvalue weighted by Gasteiger charge is 2.30. The number of rotatable bonds is 9. The number of hydrogen-bond donors (Lipinski definition) is 0. The zero-order valence-electron chi connectivity index (χ0n) is 15.2. The van der Waals surface area contributed by atoms with E-state index in [4.69, 9.17) is 13.9 Å². The molecule has 1 aromatic heterocycles. The number of ether oxygens (including phenoxy) is 2. The molecule has 0 unspecified atom stereocenters. The summed E-state index contributed by atoms with van der Waals surface area (Å²) >= 11 is 0. The summed E-state index contributed by atoms with van der Waals surface area (Å²) in [5, 5.41) is 0. The first-order valence-electron chi connectivity index (χ1n) is 8.97. The van der Waals surface area contributed by atoms with Crippen molar-refractivity contribution in [3.8, 4) is 5.75 Å². The summed E-state index contributed by atoms with van der Waals surface area (Å²) in [5.74, 6) is 0.423. The lowest BCUT2D eigenvalue weighted by Crippen LogP contribution is -2.37. The first-order chi connectivity index (χ1) is 13.0. The van der Waals surface area contributed by atoms with Gasteiger partial charge in [0.1, 0.15) is 30.5 Å². The Balaban J connectivity index is 1.60. The lowest BCUT2D eigenvalue weighted by molar-refractivity contribution is -0.143. The molecule has 0 N–H and O–H groups in total. The van der Waals surface area contributed by atoms with Crippen LogP contribution in [0.15, 0.2) is 40.8 Å². The largest absolute Gasteiger partial charge is 0.486 e. The summed E-state index contributed by atoms with van der Waals surface area (Å²) < 4.78 is 28.9. The first kappa shape index (κ1) is 18.9. The standard InChI is InChI=1S/C20H22FNO5/c1-2-25-19(23)12-22(11-14-3-4-14)20(24)18-10-9-17(27-18)13-26-16-7-5-15(21)6-8-16/h5-10,14H,2-4,11-13H2,1H3. The second-order valence-electron chi connectivity index (χ2n) is 6.44. The van der Waals surface area contributed by atoms with Gasteiger partial charge in [-0.2, -0.15) is 0 Å². The number of carbonyl (C=O) groups is 2. The van der Waals surface area contributed by atoms with Crippen LogP contribution in [0.3, 0.4) is 0 Å². The molecule has 0 atom stereocenters. The van der Waals surface area contributed by atoms with Crippen LogP contribution in [0.2, 0.25) is 0 Å². The number of nitrogens with zero attached hydrogens (tertiary/aromatic N) is 1. The molecule has 0 radical (unpaired) electrons. The van der Waals surface area contributed by atoms with Gasteiger partial charge in [-0.25, -0.2) is 4.39 Å². The highest BCUT2D eigenvalue weighted by molar-refractivity contribution is 5.93. The number of benzene rings is 1. The molecule has 144 valence electrons. The third-order valence-electron chi connectivity index (χ3n) is 4.16. The van der Waals surface area contributed by atoms with E-state index < -0.39 is 5.97 Å². The smallest absolute Gasteiger partial charge is 0.325 e. The maximum Gasteiger partial charge on any atom is 0.325 e. The predicted molar refractivity (Wildman–Crippen MR) is 94.7 cm³/mol. The Labute approximate surface area is 156 Å². The average molecular weight is 375 g/mol. The van der Waals surface area contributed by atoms with Crippen LogP contribution in [-0.2, 0) is 16.1 Å². The predicted octanol–water partition coefficient (Wildman–Crippen LogP) is 3.41. The normalized spacial score (nSPS) is 13.3. The molecule has 3 rings (SSSR count). The summed E-state index contributed by atoms with van der Waals surface area (Å²) in [4.78, 5) is 26.0. The van der Waals surface area contributed by atoms with Gasteiger partial charge in [0.25, 0.3) is 5.91 Å². The van der Waals surface area contributed by atoms with Gasteiger partial charge in [0.05, 0.1) is 6.61 Å². The minimum absolute atomic E-state index is 0.0920. The van der Waals surface area contributed by atoms with E-state index in [1.54, 1.807) is 19.1 Å². The van der Waals surface area contributed by atoms with Gasteiger partial charge < -0.3 is 18.8 Å². The van der Waals surface area contributed by atoms with Gasteiger partial charge >= 0.3 is 5.97 Å². The van der Waals surface area contributed by atoms with Crippen LogP contribution < -0.4 is 4.74 Å². The average Bonchev–Trinajstić information content (AvgIpc) is 3.34.